The maximum Gasteiger partial charge on any atom is 0.270 e. The molecule has 0 saturated heterocycles. The molecule has 1 aliphatic heterocycles. The van der Waals surface area contributed by atoms with Crippen LogP contribution in [0.2, 0.25) is 0 Å². The third-order valence-electron chi connectivity index (χ3n) is 5.42. The highest BCUT2D eigenvalue weighted by Crippen LogP contribution is 2.61. The van der Waals surface area contributed by atoms with Crippen molar-refractivity contribution in [2.45, 2.75) is 44.7 Å². The van der Waals surface area contributed by atoms with E-state index in [-0.39, 0.29) is 23.1 Å². The lowest BCUT2D eigenvalue weighted by Gasteiger charge is -2.26. The minimum Gasteiger partial charge on any atom is -0.347 e. The first-order valence-electron chi connectivity index (χ1n) is 7.91. The van der Waals surface area contributed by atoms with Crippen LogP contribution in [0.15, 0.2) is 12.3 Å². The molecule has 1 atom stereocenters. The summed E-state index contributed by atoms with van der Waals surface area (Å²) in [5.74, 6) is 0.0371. The van der Waals surface area contributed by atoms with Gasteiger partial charge in [-0.05, 0) is 43.6 Å². The van der Waals surface area contributed by atoms with Crippen molar-refractivity contribution in [1.82, 2.24) is 10.3 Å². The average molecular weight is 300 g/mol. The second-order valence-corrected chi connectivity index (χ2v) is 6.86. The van der Waals surface area contributed by atoms with Gasteiger partial charge in [-0.2, -0.15) is 0 Å². The van der Waals surface area contributed by atoms with Crippen LogP contribution in [0.4, 0.5) is 5.69 Å². The Labute approximate surface area is 128 Å². The van der Waals surface area contributed by atoms with Crippen LogP contribution in [-0.2, 0) is 11.3 Å². The van der Waals surface area contributed by atoms with E-state index in [4.69, 9.17) is 5.73 Å². The largest absolute Gasteiger partial charge is 0.347 e. The zero-order valence-electron chi connectivity index (χ0n) is 12.4. The number of nitrogens with two attached hydrogens (primary N) is 1. The van der Waals surface area contributed by atoms with Gasteiger partial charge in [-0.25, -0.2) is 4.98 Å². The molecule has 2 amide bonds. The predicted octanol–water partition coefficient (Wildman–Crippen LogP) is 1.17. The van der Waals surface area contributed by atoms with E-state index in [1.807, 2.05) is 6.07 Å². The van der Waals surface area contributed by atoms with Gasteiger partial charge in [-0.3, -0.25) is 9.59 Å². The third kappa shape index (κ3) is 2.18. The van der Waals surface area contributed by atoms with E-state index in [0.29, 0.717) is 24.0 Å². The minimum absolute atomic E-state index is 0.0782. The molecule has 22 heavy (non-hydrogen) atoms. The number of hydrogen-bond acceptors (Lipinski definition) is 4. The lowest BCUT2D eigenvalue weighted by atomic mass is 9.82. The summed E-state index contributed by atoms with van der Waals surface area (Å²) in [6.45, 7) is 0.482. The van der Waals surface area contributed by atoms with Crippen LogP contribution >= 0.6 is 0 Å². The molecule has 2 saturated carbocycles. The number of fused-ring (bicyclic) bond motifs is 1. The molecule has 2 heterocycles. The second kappa shape index (κ2) is 4.78. The standard InChI is InChI=1S/C16H20N4O2/c17-10-1-3-16(4-2-10)6-12(16)14(21)20-11-5-9-7-19-15(22)13(9)18-8-11/h5,8,10,12H,1-4,6-7,17H2,(H,19,22)(H,20,21). The summed E-state index contributed by atoms with van der Waals surface area (Å²) in [5, 5.41) is 5.68. The molecule has 1 aromatic heterocycles. The van der Waals surface area contributed by atoms with Crippen molar-refractivity contribution in [1.29, 1.82) is 0 Å². The molecule has 1 aromatic rings. The highest BCUT2D eigenvalue weighted by atomic mass is 16.2. The SMILES string of the molecule is NC1CCC2(CC1)CC2C(=O)Nc1cnc2c(c1)CNC2=O. The summed E-state index contributed by atoms with van der Waals surface area (Å²) in [5.41, 5.74) is 8.13. The van der Waals surface area contributed by atoms with Crippen LogP contribution in [0.1, 0.15) is 48.2 Å². The smallest absolute Gasteiger partial charge is 0.270 e. The van der Waals surface area contributed by atoms with Crippen LogP contribution in [-0.4, -0.2) is 22.8 Å². The second-order valence-electron chi connectivity index (χ2n) is 6.86. The molecule has 4 rings (SSSR count). The first-order chi connectivity index (χ1) is 10.6. The van der Waals surface area contributed by atoms with Gasteiger partial charge in [0.05, 0.1) is 11.9 Å². The molecule has 2 fully saturated rings. The molecular formula is C16H20N4O2. The summed E-state index contributed by atoms with van der Waals surface area (Å²) < 4.78 is 0. The van der Waals surface area contributed by atoms with Crippen molar-refractivity contribution in [2.75, 3.05) is 5.32 Å². The fourth-order valence-electron chi connectivity index (χ4n) is 3.89. The van der Waals surface area contributed by atoms with Gasteiger partial charge in [0.15, 0.2) is 0 Å². The molecular weight excluding hydrogens is 280 g/mol. The fraction of sp³-hybridized carbons (Fsp3) is 0.562. The van der Waals surface area contributed by atoms with Gasteiger partial charge in [0.2, 0.25) is 5.91 Å². The summed E-state index contributed by atoms with van der Waals surface area (Å²) in [6.07, 6.45) is 6.72. The Morgan fingerprint density at radius 2 is 2.18 bits per heavy atom. The van der Waals surface area contributed by atoms with Gasteiger partial charge < -0.3 is 16.4 Å². The van der Waals surface area contributed by atoms with Gasteiger partial charge in [0.25, 0.3) is 5.91 Å². The van der Waals surface area contributed by atoms with Gasteiger partial charge >= 0.3 is 0 Å². The Balaban J connectivity index is 1.42. The van der Waals surface area contributed by atoms with Crippen LogP contribution in [0.3, 0.4) is 0 Å². The summed E-state index contributed by atoms with van der Waals surface area (Å²) >= 11 is 0. The van der Waals surface area contributed by atoms with Gasteiger partial charge in [-0.15, -0.1) is 0 Å². The lowest BCUT2D eigenvalue weighted by molar-refractivity contribution is -0.118. The van der Waals surface area contributed by atoms with Crippen LogP contribution < -0.4 is 16.4 Å². The van der Waals surface area contributed by atoms with Crippen LogP contribution in [0, 0.1) is 11.3 Å². The topological polar surface area (TPSA) is 97.1 Å². The zero-order chi connectivity index (χ0) is 15.3. The van der Waals surface area contributed by atoms with E-state index in [1.165, 1.54) is 0 Å². The van der Waals surface area contributed by atoms with Gasteiger partial charge in [-0.1, -0.05) is 0 Å². The number of hydrogen-bond donors (Lipinski definition) is 3. The molecule has 6 heteroatoms. The van der Waals surface area contributed by atoms with Gasteiger partial charge in [0.1, 0.15) is 5.69 Å². The van der Waals surface area contributed by atoms with Crippen molar-refractivity contribution in [2.24, 2.45) is 17.1 Å². The van der Waals surface area contributed by atoms with E-state index in [1.54, 1.807) is 6.20 Å². The molecule has 0 radical (unpaired) electrons. The van der Waals surface area contributed by atoms with E-state index in [0.717, 1.165) is 37.7 Å². The van der Waals surface area contributed by atoms with Crippen LogP contribution in [0.25, 0.3) is 0 Å². The first kappa shape index (κ1) is 13.7. The number of rotatable bonds is 2. The average Bonchev–Trinajstić information content (AvgIpc) is 3.11. The van der Waals surface area contributed by atoms with E-state index in [9.17, 15) is 9.59 Å². The molecule has 1 spiro atoms. The maximum atomic E-state index is 12.4. The number of pyridine rings is 1. The molecule has 116 valence electrons. The van der Waals surface area contributed by atoms with E-state index in [2.05, 4.69) is 15.6 Å². The number of nitrogens with zero attached hydrogens (tertiary/aromatic N) is 1. The van der Waals surface area contributed by atoms with E-state index >= 15 is 0 Å². The highest BCUT2D eigenvalue weighted by Gasteiger charge is 2.58. The lowest BCUT2D eigenvalue weighted by Crippen LogP contribution is -2.29. The van der Waals surface area contributed by atoms with Crippen molar-refractivity contribution in [3.63, 3.8) is 0 Å². The first-order valence-corrected chi connectivity index (χ1v) is 7.91. The summed E-state index contributed by atoms with van der Waals surface area (Å²) in [7, 11) is 0. The Morgan fingerprint density at radius 3 is 2.95 bits per heavy atom. The van der Waals surface area contributed by atoms with E-state index < -0.39 is 0 Å². The molecule has 4 N–H and O–H groups in total. The normalized spacial score (nSPS) is 32.5. The number of carbonyl (C=O) groups excluding carboxylic acids is 2. The Morgan fingerprint density at radius 1 is 1.41 bits per heavy atom. The Hall–Kier alpha value is -1.95. The number of anilines is 1. The highest BCUT2D eigenvalue weighted by molar-refractivity contribution is 5.98. The zero-order valence-corrected chi connectivity index (χ0v) is 12.4. The third-order valence-corrected chi connectivity index (χ3v) is 5.42. The predicted molar refractivity (Wildman–Crippen MR) is 81.0 cm³/mol. The minimum atomic E-state index is -0.146. The Kier molecular flexibility index (Phi) is 2.97. The fourth-order valence-corrected chi connectivity index (χ4v) is 3.89. The number of carbonyl (C=O) groups is 2. The molecule has 3 aliphatic rings. The monoisotopic (exact) mass is 300 g/mol. The van der Waals surface area contributed by atoms with Crippen molar-refractivity contribution >= 4 is 17.5 Å². The molecule has 0 aromatic carbocycles. The maximum absolute atomic E-state index is 12.4. The number of amides is 2. The van der Waals surface area contributed by atoms with Gasteiger partial charge in [0, 0.05) is 24.1 Å². The van der Waals surface area contributed by atoms with Crippen molar-refractivity contribution in [3.05, 3.63) is 23.5 Å². The quantitative estimate of drug-likeness (QED) is 0.763. The molecule has 0 bridgehead atoms. The van der Waals surface area contributed by atoms with Crippen molar-refractivity contribution in [3.8, 4) is 0 Å². The summed E-state index contributed by atoms with van der Waals surface area (Å²) in [6, 6.07) is 2.14. The number of nitrogens with one attached hydrogen (secondary N) is 2. The van der Waals surface area contributed by atoms with Crippen molar-refractivity contribution < 1.29 is 9.59 Å². The molecule has 2 aliphatic carbocycles. The van der Waals surface area contributed by atoms with Crippen LogP contribution in [0.5, 0.6) is 0 Å². The molecule has 1 unspecified atom stereocenters. The number of aromatic nitrogens is 1. The summed E-state index contributed by atoms with van der Waals surface area (Å²) in [4.78, 5) is 28.1. The molecule has 6 nitrogen and oxygen atoms in total. The Bertz CT molecular complexity index is 650.